The van der Waals surface area contributed by atoms with Gasteiger partial charge in [0.15, 0.2) is 5.75 Å². The lowest BCUT2D eigenvalue weighted by atomic mass is 10.2. The number of rotatable bonds is 7. The fourth-order valence-corrected chi connectivity index (χ4v) is 2.06. The molecule has 0 heterocycles. The lowest BCUT2D eigenvalue weighted by molar-refractivity contribution is -0.385. The standard InChI is InChI=1S/C16H14ClNO6/c1-22-16(19)11-3-2-4-13(9-11)23-7-8-24-15-6-5-12(17)10-14(15)18(20)21/h2-6,9-10H,7-8H2,1H3. The first-order valence-corrected chi connectivity index (χ1v) is 7.27. The van der Waals surface area contributed by atoms with Crippen molar-refractivity contribution in [3.63, 3.8) is 0 Å². The quantitative estimate of drug-likeness (QED) is 0.328. The smallest absolute Gasteiger partial charge is 0.337 e. The molecule has 0 atom stereocenters. The average molecular weight is 352 g/mol. The number of nitro benzene ring substituents is 1. The van der Waals surface area contributed by atoms with Gasteiger partial charge >= 0.3 is 11.7 Å². The van der Waals surface area contributed by atoms with Crippen molar-refractivity contribution < 1.29 is 23.9 Å². The predicted molar refractivity (Wildman–Crippen MR) is 86.9 cm³/mol. The van der Waals surface area contributed by atoms with Crippen LogP contribution in [0.1, 0.15) is 10.4 Å². The molecule has 0 amide bonds. The molecule has 8 heteroatoms. The van der Waals surface area contributed by atoms with Gasteiger partial charge in [0.25, 0.3) is 0 Å². The molecule has 2 aromatic rings. The van der Waals surface area contributed by atoms with E-state index in [0.29, 0.717) is 11.3 Å². The summed E-state index contributed by atoms with van der Waals surface area (Å²) in [6.07, 6.45) is 0. The predicted octanol–water partition coefficient (Wildman–Crippen LogP) is 3.49. The minimum Gasteiger partial charge on any atom is -0.490 e. The Bertz CT molecular complexity index is 749. The zero-order valence-electron chi connectivity index (χ0n) is 12.7. The highest BCUT2D eigenvalue weighted by Gasteiger charge is 2.15. The molecule has 7 nitrogen and oxygen atoms in total. The van der Waals surface area contributed by atoms with E-state index in [-0.39, 0.29) is 29.7 Å². The molecule has 0 bridgehead atoms. The first-order valence-electron chi connectivity index (χ1n) is 6.89. The summed E-state index contributed by atoms with van der Waals surface area (Å²) in [5.74, 6) is 0.108. The zero-order chi connectivity index (χ0) is 17.5. The summed E-state index contributed by atoms with van der Waals surface area (Å²) in [5, 5.41) is 11.2. The van der Waals surface area contributed by atoms with Crippen molar-refractivity contribution in [1.82, 2.24) is 0 Å². The van der Waals surface area contributed by atoms with E-state index in [1.807, 2.05) is 0 Å². The van der Waals surface area contributed by atoms with Crippen LogP contribution in [-0.2, 0) is 4.74 Å². The van der Waals surface area contributed by atoms with Crippen LogP contribution in [0.15, 0.2) is 42.5 Å². The maximum Gasteiger partial charge on any atom is 0.337 e. The summed E-state index contributed by atoms with van der Waals surface area (Å²) < 4.78 is 15.4. The molecule has 0 spiro atoms. The van der Waals surface area contributed by atoms with Crippen LogP contribution in [0.2, 0.25) is 5.02 Å². The number of benzene rings is 2. The van der Waals surface area contributed by atoms with Crippen molar-refractivity contribution in [2.75, 3.05) is 20.3 Å². The van der Waals surface area contributed by atoms with E-state index < -0.39 is 10.9 Å². The van der Waals surface area contributed by atoms with Gasteiger partial charge in [-0.2, -0.15) is 0 Å². The molecule has 2 rings (SSSR count). The third-order valence-electron chi connectivity index (χ3n) is 2.98. The Morgan fingerprint density at radius 3 is 2.62 bits per heavy atom. The highest BCUT2D eigenvalue weighted by atomic mass is 35.5. The molecular weight excluding hydrogens is 338 g/mol. The van der Waals surface area contributed by atoms with Crippen molar-refractivity contribution >= 4 is 23.3 Å². The Hall–Kier alpha value is -2.80. The van der Waals surface area contributed by atoms with Crippen molar-refractivity contribution in [1.29, 1.82) is 0 Å². The van der Waals surface area contributed by atoms with Gasteiger partial charge in [0.1, 0.15) is 19.0 Å². The van der Waals surface area contributed by atoms with Crippen molar-refractivity contribution in [2.24, 2.45) is 0 Å². The molecule has 2 aromatic carbocycles. The Morgan fingerprint density at radius 2 is 1.92 bits per heavy atom. The van der Waals surface area contributed by atoms with Gasteiger partial charge in [0.2, 0.25) is 0 Å². The van der Waals surface area contributed by atoms with Gasteiger partial charge in [-0.15, -0.1) is 0 Å². The Morgan fingerprint density at radius 1 is 1.17 bits per heavy atom. The number of methoxy groups -OCH3 is 1. The van der Waals surface area contributed by atoms with Crippen LogP contribution in [0.25, 0.3) is 0 Å². The molecule has 0 saturated carbocycles. The van der Waals surface area contributed by atoms with E-state index in [9.17, 15) is 14.9 Å². The van der Waals surface area contributed by atoms with Crippen molar-refractivity contribution in [3.8, 4) is 11.5 Å². The molecule has 24 heavy (non-hydrogen) atoms. The van der Waals surface area contributed by atoms with Gasteiger partial charge in [-0.05, 0) is 30.3 Å². The lowest BCUT2D eigenvalue weighted by Crippen LogP contribution is -2.10. The second kappa shape index (κ2) is 8.16. The van der Waals surface area contributed by atoms with Gasteiger partial charge in [0.05, 0.1) is 17.6 Å². The van der Waals surface area contributed by atoms with Gasteiger partial charge in [-0.3, -0.25) is 10.1 Å². The summed E-state index contributed by atoms with van der Waals surface area (Å²) in [6.45, 7) is 0.231. The number of nitro groups is 1. The number of ether oxygens (including phenoxy) is 3. The molecule has 0 aromatic heterocycles. The van der Waals surface area contributed by atoms with E-state index in [4.69, 9.17) is 21.1 Å². The topological polar surface area (TPSA) is 87.9 Å². The number of carbonyl (C=O) groups excluding carboxylic acids is 1. The highest BCUT2D eigenvalue weighted by molar-refractivity contribution is 6.30. The summed E-state index contributed by atoms with van der Waals surface area (Å²) >= 11 is 5.73. The summed E-state index contributed by atoms with van der Waals surface area (Å²) in [7, 11) is 1.29. The molecule has 126 valence electrons. The summed E-state index contributed by atoms with van der Waals surface area (Å²) in [5.41, 5.74) is 0.152. The highest BCUT2D eigenvalue weighted by Crippen LogP contribution is 2.29. The second-order valence-corrected chi connectivity index (χ2v) is 5.02. The number of hydrogen-bond acceptors (Lipinski definition) is 6. The number of carbonyl (C=O) groups is 1. The fraction of sp³-hybridized carbons (Fsp3) is 0.188. The summed E-state index contributed by atoms with van der Waals surface area (Å²) in [4.78, 5) is 21.8. The van der Waals surface area contributed by atoms with Crippen LogP contribution >= 0.6 is 11.6 Å². The van der Waals surface area contributed by atoms with Crippen LogP contribution in [0, 0.1) is 10.1 Å². The second-order valence-electron chi connectivity index (χ2n) is 4.59. The number of halogens is 1. The number of hydrogen-bond donors (Lipinski definition) is 0. The maximum absolute atomic E-state index is 11.4. The van der Waals surface area contributed by atoms with E-state index in [2.05, 4.69) is 4.74 Å². The van der Waals surface area contributed by atoms with Crippen molar-refractivity contribution in [3.05, 3.63) is 63.2 Å². The van der Waals surface area contributed by atoms with Gasteiger partial charge in [-0.1, -0.05) is 17.7 Å². The SMILES string of the molecule is COC(=O)c1cccc(OCCOc2ccc(Cl)cc2[N+](=O)[O-])c1. The molecule has 0 fully saturated rings. The van der Waals surface area contributed by atoms with Gasteiger partial charge in [0, 0.05) is 11.1 Å². The molecule has 0 unspecified atom stereocenters. The number of nitrogens with zero attached hydrogens (tertiary/aromatic N) is 1. The Labute approximate surface area is 142 Å². The molecule has 0 N–H and O–H groups in total. The Kier molecular flexibility index (Phi) is 5.97. The van der Waals surface area contributed by atoms with Gasteiger partial charge < -0.3 is 14.2 Å². The molecule has 0 aliphatic carbocycles. The zero-order valence-corrected chi connectivity index (χ0v) is 13.5. The van der Waals surface area contributed by atoms with E-state index in [1.54, 1.807) is 18.2 Å². The molecule has 0 aliphatic rings. The molecular formula is C16H14ClNO6. The normalized spacial score (nSPS) is 10.1. The lowest BCUT2D eigenvalue weighted by Gasteiger charge is -2.09. The molecule has 0 radical (unpaired) electrons. The van der Waals surface area contributed by atoms with Crippen molar-refractivity contribution in [2.45, 2.75) is 0 Å². The van der Waals surface area contributed by atoms with E-state index >= 15 is 0 Å². The minimum absolute atomic E-state index is 0.0882. The van der Waals surface area contributed by atoms with Crippen LogP contribution in [0.4, 0.5) is 5.69 Å². The fourth-order valence-electron chi connectivity index (χ4n) is 1.90. The molecule has 0 saturated heterocycles. The molecule has 0 aliphatic heterocycles. The largest absolute Gasteiger partial charge is 0.490 e. The van der Waals surface area contributed by atoms with Crippen LogP contribution < -0.4 is 9.47 Å². The summed E-state index contributed by atoms with van der Waals surface area (Å²) in [6, 6.07) is 10.6. The minimum atomic E-state index is -0.568. The van der Waals surface area contributed by atoms with Crippen LogP contribution in [-0.4, -0.2) is 31.2 Å². The van der Waals surface area contributed by atoms with Crippen LogP contribution in [0.5, 0.6) is 11.5 Å². The average Bonchev–Trinajstić information content (AvgIpc) is 2.59. The maximum atomic E-state index is 11.4. The number of esters is 1. The first-order chi connectivity index (χ1) is 11.5. The van der Waals surface area contributed by atoms with Gasteiger partial charge in [-0.25, -0.2) is 4.79 Å². The van der Waals surface area contributed by atoms with E-state index in [1.165, 1.54) is 31.4 Å². The van der Waals surface area contributed by atoms with E-state index in [0.717, 1.165) is 0 Å². The third-order valence-corrected chi connectivity index (χ3v) is 3.22. The first kappa shape index (κ1) is 17.6. The third kappa shape index (κ3) is 4.60. The Balaban J connectivity index is 1.92. The van der Waals surface area contributed by atoms with Crippen LogP contribution in [0.3, 0.4) is 0 Å². The monoisotopic (exact) mass is 351 g/mol.